The minimum Gasteiger partial charge on any atom is -0.508 e. The zero-order valence-corrected chi connectivity index (χ0v) is 16.2. The van der Waals surface area contributed by atoms with Crippen LogP contribution in [-0.4, -0.2) is 52.4 Å². The number of nitrogens with zero attached hydrogens (tertiary/aromatic N) is 2. The lowest BCUT2D eigenvalue weighted by atomic mass is 9.72. The number of benzene rings is 1. The zero-order chi connectivity index (χ0) is 19.0. The second-order valence-electron chi connectivity index (χ2n) is 8.75. The van der Waals surface area contributed by atoms with Gasteiger partial charge in [-0.05, 0) is 62.1 Å². The molecule has 1 spiro atoms. The molecule has 0 unspecified atom stereocenters. The van der Waals surface area contributed by atoms with Gasteiger partial charge < -0.3 is 14.9 Å². The Kier molecular flexibility index (Phi) is 4.87. The van der Waals surface area contributed by atoms with Gasteiger partial charge >= 0.3 is 0 Å². The van der Waals surface area contributed by atoms with E-state index in [4.69, 9.17) is 0 Å². The lowest BCUT2D eigenvalue weighted by Gasteiger charge is -2.49. The summed E-state index contributed by atoms with van der Waals surface area (Å²) in [5.41, 5.74) is 1.52. The second kappa shape index (κ2) is 7.17. The Bertz CT molecular complexity index is 731. The molecule has 3 fully saturated rings. The predicted molar refractivity (Wildman–Crippen MR) is 104 cm³/mol. The fraction of sp³-hybridized carbons (Fsp3) is 0.636. The Morgan fingerprint density at radius 3 is 2.52 bits per heavy atom. The van der Waals surface area contributed by atoms with Crippen molar-refractivity contribution in [2.45, 2.75) is 64.3 Å². The summed E-state index contributed by atoms with van der Waals surface area (Å²) in [6.45, 7) is 4.18. The van der Waals surface area contributed by atoms with Gasteiger partial charge in [-0.1, -0.05) is 18.9 Å². The lowest BCUT2D eigenvalue weighted by molar-refractivity contribution is -0.142. The van der Waals surface area contributed by atoms with Crippen molar-refractivity contribution < 1.29 is 14.7 Å². The molecular weight excluding hydrogens is 340 g/mol. The highest BCUT2D eigenvalue weighted by molar-refractivity contribution is 5.94. The van der Waals surface area contributed by atoms with Crippen LogP contribution in [0.3, 0.4) is 0 Å². The molecule has 146 valence electrons. The number of aromatic hydroxyl groups is 1. The number of rotatable bonds is 2. The fourth-order valence-electron chi connectivity index (χ4n) is 5.11. The van der Waals surface area contributed by atoms with Crippen molar-refractivity contribution in [2.24, 2.45) is 5.41 Å². The largest absolute Gasteiger partial charge is 0.508 e. The third kappa shape index (κ3) is 3.56. The summed E-state index contributed by atoms with van der Waals surface area (Å²) in [5.74, 6) is 0.508. The Balaban J connectivity index is 1.41. The first-order chi connectivity index (χ1) is 13.0. The van der Waals surface area contributed by atoms with Crippen LogP contribution in [0, 0.1) is 12.3 Å². The van der Waals surface area contributed by atoms with Gasteiger partial charge in [-0.2, -0.15) is 0 Å². The summed E-state index contributed by atoms with van der Waals surface area (Å²) in [5, 5.41) is 9.90. The van der Waals surface area contributed by atoms with Crippen LogP contribution in [0.5, 0.6) is 5.75 Å². The van der Waals surface area contributed by atoms with Crippen molar-refractivity contribution in [1.29, 1.82) is 0 Å². The zero-order valence-electron chi connectivity index (χ0n) is 16.2. The highest BCUT2D eigenvalue weighted by atomic mass is 16.3. The number of hydrogen-bond acceptors (Lipinski definition) is 3. The summed E-state index contributed by atoms with van der Waals surface area (Å²) >= 11 is 0. The maximum absolute atomic E-state index is 12.8. The molecule has 1 saturated carbocycles. The summed E-state index contributed by atoms with van der Waals surface area (Å²) < 4.78 is 0. The molecule has 2 amide bonds. The van der Waals surface area contributed by atoms with Crippen LogP contribution in [0.4, 0.5) is 0 Å². The molecule has 1 aromatic carbocycles. The predicted octanol–water partition coefficient (Wildman–Crippen LogP) is 3.49. The van der Waals surface area contributed by atoms with Gasteiger partial charge in [0.05, 0.1) is 0 Å². The van der Waals surface area contributed by atoms with Gasteiger partial charge in [0.15, 0.2) is 0 Å². The molecular formula is C22H30N2O3. The topological polar surface area (TPSA) is 60.9 Å². The van der Waals surface area contributed by atoms with Crippen molar-refractivity contribution in [3.05, 3.63) is 29.3 Å². The third-order valence-corrected chi connectivity index (χ3v) is 7.03. The number of likely N-dealkylation sites (tertiary alicyclic amines) is 2. The van der Waals surface area contributed by atoms with Crippen LogP contribution in [0.15, 0.2) is 18.2 Å². The van der Waals surface area contributed by atoms with Crippen LogP contribution in [0.25, 0.3) is 0 Å². The lowest BCUT2D eigenvalue weighted by Crippen LogP contribution is -2.54. The monoisotopic (exact) mass is 370 g/mol. The molecule has 5 heteroatoms. The first-order valence-electron chi connectivity index (χ1n) is 10.4. The molecule has 0 radical (unpaired) electrons. The number of phenolic OH excluding ortho intramolecular Hbond substituents is 1. The molecule has 1 aromatic rings. The van der Waals surface area contributed by atoms with Crippen molar-refractivity contribution in [1.82, 2.24) is 9.80 Å². The average molecular weight is 370 g/mol. The highest BCUT2D eigenvalue weighted by Crippen LogP contribution is 2.42. The SMILES string of the molecule is Cc1ccc(C(=O)N2CCC3(CCC(=O)N(C4CCCC4)C3)CC2)cc1O. The maximum atomic E-state index is 12.8. The third-order valence-electron chi connectivity index (χ3n) is 7.03. The van der Waals surface area contributed by atoms with E-state index in [1.165, 1.54) is 12.8 Å². The van der Waals surface area contributed by atoms with E-state index >= 15 is 0 Å². The van der Waals surface area contributed by atoms with Crippen LogP contribution in [0.2, 0.25) is 0 Å². The fourth-order valence-corrected chi connectivity index (χ4v) is 5.11. The van der Waals surface area contributed by atoms with E-state index in [1.807, 2.05) is 11.8 Å². The minimum absolute atomic E-state index is 0.000292. The van der Waals surface area contributed by atoms with Crippen molar-refractivity contribution in [3.8, 4) is 5.75 Å². The molecule has 1 N–H and O–H groups in total. The first kappa shape index (κ1) is 18.3. The van der Waals surface area contributed by atoms with Gasteiger partial charge in [-0.25, -0.2) is 0 Å². The maximum Gasteiger partial charge on any atom is 0.253 e. The molecule has 2 aliphatic heterocycles. The Morgan fingerprint density at radius 1 is 1.15 bits per heavy atom. The summed E-state index contributed by atoms with van der Waals surface area (Å²) in [4.78, 5) is 29.4. The molecule has 4 rings (SSSR count). The molecule has 5 nitrogen and oxygen atoms in total. The smallest absolute Gasteiger partial charge is 0.253 e. The number of amides is 2. The standard InChI is InChI=1S/C22H30N2O3/c1-16-6-7-17(14-19(16)25)21(27)23-12-10-22(11-13-23)9-8-20(26)24(15-22)18-4-2-3-5-18/h6-7,14,18,25H,2-5,8-13,15H2,1H3. The quantitative estimate of drug-likeness (QED) is 0.867. The number of hydrogen-bond donors (Lipinski definition) is 1. The van der Waals surface area contributed by atoms with Crippen LogP contribution >= 0.6 is 0 Å². The Labute approximate surface area is 161 Å². The van der Waals surface area contributed by atoms with Crippen molar-refractivity contribution in [2.75, 3.05) is 19.6 Å². The van der Waals surface area contributed by atoms with E-state index < -0.39 is 0 Å². The van der Waals surface area contributed by atoms with E-state index in [2.05, 4.69) is 4.90 Å². The van der Waals surface area contributed by atoms with Gasteiger partial charge in [0.25, 0.3) is 5.91 Å². The summed E-state index contributed by atoms with van der Waals surface area (Å²) in [6, 6.07) is 5.61. The number of aryl methyl sites for hydroxylation is 1. The number of phenols is 1. The Morgan fingerprint density at radius 2 is 1.85 bits per heavy atom. The van der Waals surface area contributed by atoms with E-state index in [1.54, 1.807) is 18.2 Å². The summed E-state index contributed by atoms with van der Waals surface area (Å²) in [7, 11) is 0. The molecule has 3 aliphatic rings. The van der Waals surface area contributed by atoms with Crippen LogP contribution in [-0.2, 0) is 4.79 Å². The second-order valence-corrected chi connectivity index (χ2v) is 8.75. The van der Waals surface area contributed by atoms with Crippen LogP contribution < -0.4 is 0 Å². The van der Waals surface area contributed by atoms with Gasteiger partial charge in [0.1, 0.15) is 5.75 Å². The van der Waals surface area contributed by atoms with E-state index in [9.17, 15) is 14.7 Å². The Hall–Kier alpha value is -2.04. The summed E-state index contributed by atoms with van der Waals surface area (Å²) in [6.07, 6.45) is 8.35. The highest BCUT2D eigenvalue weighted by Gasteiger charge is 2.43. The molecule has 2 heterocycles. The molecule has 0 atom stereocenters. The molecule has 0 aromatic heterocycles. The minimum atomic E-state index is -0.000292. The number of carbonyl (C=O) groups excluding carboxylic acids is 2. The molecule has 27 heavy (non-hydrogen) atoms. The van der Waals surface area contributed by atoms with Gasteiger partial charge in [0, 0.05) is 37.7 Å². The van der Waals surface area contributed by atoms with Gasteiger partial charge in [0.2, 0.25) is 5.91 Å². The van der Waals surface area contributed by atoms with Crippen molar-refractivity contribution in [3.63, 3.8) is 0 Å². The first-order valence-corrected chi connectivity index (χ1v) is 10.4. The van der Waals surface area contributed by atoms with Crippen molar-refractivity contribution >= 4 is 11.8 Å². The molecule has 2 saturated heterocycles. The van der Waals surface area contributed by atoms with E-state index in [0.29, 0.717) is 23.9 Å². The number of carbonyl (C=O) groups is 2. The normalized spacial score (nSPS) is 23.2. The number of piperidine rings is 2. The van der Waals surface area contributed by atoms with E-state index in [0.717, 1.165) is 57.3 Å². The average Bonchev–Trinajstić information content (AvgIpc) is 3.21. The van der Waals surface area contributed by atoms with Gasteiger partial charge in [-0.15, -0.1) is 0 Å². The van der Waals surface area contributed by atoms with E-state index in [-0.39, 0.29) is 17.1 Å². The molecule has 1 aliphatic carbocycles. The molecule has 0 bridgehead atoms. The van der Waals surface area contributed by atoms with Crippen LogP contribution in [0.1, 0.15) is 67.3 Å². The van der Waals surface area contributed by atoms with Gasteiger partial charge in [-0.3, -0.25) is 9.59 Å².